The van der Waals surface area contributed by atoms with Crippen molar-refractivity contribution in [2.45, 2.75) is 12.0 Å². The Bertz CT molecular complexity index is 503. The van der Waals surface area contributed by atoms with Crippen molar-refractivity contribution in [2.24, 2.45) is 5.92 Å². The monoisotopic (exact) mass is 248 g/mol. The highest BCUT2D eigenvalue weighted by atomic mass is 16.5. The summed E-state index contributed by atoms with van der Waals surface area (Å²) >= 11 is 0. The molecular formula is C13H16N2O3. The Morgan fingerprint density at radius 3 is 3.06 bits per heavy atom. The predicted octanol–water partition coefficient (Wildman–Crippen LogP) is 1.26. The molecule has 2 atom stereocenters. The minimum absolute atomic E-state index is 0.0306. The second-order valence-electron chi connectivity index (χ2n) is 4.99. The van der Waals surface area contributed by atoms with Gasteiger partial charge >= 0.3 is 5.97 Å². The number of esters is 1. The summed E-state index contributed by atoms with van der Waals surface area (Å²) in [5.74, 6) is 0.212. The Kier molecular flexibility index (Phi) is 2.45. The summed E-state index contributed by atoms with van der Waals surface area (Å²) in [6, 6.07) is 5.13. The number of carbonyl (C=O) groups excluding carboxylic acids is 1. The van der Waals surface area contributed by atoms with Crippen molar-refractivity contribution in [1.82, 2.24) is 0 Å². The highest BCUT2D eigenvalue weighted by molar-refractivity contribution is 5.92. The molecule has 5 heteroatoms. The van der Waals surface area contributed by atoms with E-state index in [0.717, 1.165) is 18.7 Å². The molecule has 3 N–H and O–H groups in total. The van der Waals surface area contributed by atoms with Gasteiger partial charge in [-0.25, -0.2) is 4.79 Å². The zero-order valence-corrected chi connectivity index (χ0v) is 10.2. The molecule has 0 spiro atoms. The van der Waals surface area contributed by atoms with Gasteiger partial charge in [-0.15, -0.1) is 0 Å². The van der Waals surface area contributed by atoms with Crippen molar-refractivity contribution in [1.29, 1.82) is 0 Å². The standard InChI is InChI=1S/C13H16N2O3/c1-17-12(16)8-2-3-10(14)11(4-8)15-13-5-9(13)6-18-7-13/h2-4,9,15H,5-7,14H2,1H3. The number of anilines is 2. The molecule has 1 saturated carbocycles. The van der Waals surface area contributed by atoms with E-state index in [1.165, 1.54) is 7.11 Å². The normalized spacial score (nSPS) is 28.6. The van der Waals surface area contributed by atoms with Gasteiger partial charge in [-0.2, -0.15) is 0 Å². The quantitative estimate of drug-likeness (QED) is 0.622. The number of methoxy groups -OCH3 is 1. The summed E-state index contributed by atoms with van der Waals surface area (Å²) in [7, 11) is 1.37. The van der Waals surface area contributed by atoms with Crippen LogP contribution in [0.2, 0.25) is 0 Å². The van der Waals surface area contributed by atoms with Gasteiger partial charge in [0.1, 0.15) is 0 Å². The number of hydrogen-bond donors (Lipinski definition) is 2. The molecule has 3 rings (SSSR count). The van der Waals surface area contributed by atoms with Crippen LogP contribution in [-0.4, -0.2) is 31.8 Å². The first-order valence-corrected chi connectivity index (χ1v) is 5.98. The van der Waals surface area contributed by atoms with Gasteiger partial charge in [-0.1, -0.05) is 0 Å². The summed E-state index contributed by atoms with van der Waals surface area (Å²) < 4.78 is 10.1. The molecule has 1 heterocycles. The van der Waals surface area contributed by atoms with Crippen molar-refractivity contribution >= 4 is 17.3 Å². The summed E-state index contributed by atoms with van der Waals surface area (Å²) in [6.07, 6.45) is 1.11. The molecule has 0 radical (unpaired) electrons. The molecule has 1 aromatic rings. The van der Waals surface area contributed by atoms with Crippen LogP contribution >= 0.6 is 0 Å². The summed E-state index contributed by atoms with van der Waals surface area (Å²) in [6.45, 7) is 1.52. The van der Waals surface area contributed by atoms with Gasteiger partial charge in [-0.3, -0.25) is 0 Å². The minimum atomic E-state index is -0.356. The summed E-state index contributed by atoms with van der Waals surface area (Å²) in [5, 5.41) is 3.42. The molecule has 5 nitrogen and oxygen atoms in total. The summed E-state index contributed by atoms with van der Waals surface area (Å²) in [4.78, 5) is 11.5. The van der Waals surface area contributed by atoms with Gasteiger partial charge in [0.25, 0.3) is 0 Å². The van der Waals surface area contributed by atoms with E-state index in [0.29, 0.717) is 23.8 Å². The highest BCUT2D eigenvalue weighted by Crippen LogP contribution is 2.51. The van der Waals surface area contributed by atoms with Gasteiger partial charge in [-0.05, 0) is 24.6 Å². The van der Waals surface area contributed by atoms with E-state index in [-0.39, 0.29) is 11.5 Å². The maximum absolute atomic E-state index is 11.5. The maximum Gasteiger partial charge on any atom is 0.337 e. The molecule has 0 bridgehead atoms. The van der Waals surface area contributed by atoms with Crippen LogP contribution in [-0.2, 0) is 9.47 Å². The Balaban J connectivity index is 1.85. The Hall–Kier alpha value is -1.75. The van der Waals surface area contributed by atoms with Crippen LogP contribution in [0.15, 0.2) is 18.2 Å². The fourth-order valence-corrected chi connectivity index (χ4v) is 2.53. The van der Waals surface area contributed by atoms with E-state index in [1.807, 2.05) is 0 Å². The average Bonchev–Trinajstić information content (AvgIpc) is 2.92. The van der Waals surface area contributed by atoms with E-state index in [4.69, 9.17) is 15.2 Å². The number of nitrogen functional groups attached to an aromatic ring is 1. The molecule has 2 unspecified atom stereocenters. The SMILES string of the molecule is COC(=O)c1ccc(N)c(NC23COCC2C3)c1. The van der Waals surface area contributed by atoms with E-state index in [9.17, 15) is 4.79 Å². The number of hydrogen-bond acceptors (Lipinski definition) is 5. The average molecular weight is 248 g/mol. The lowest BCUT2D eigenvalue weighted by Gasteiger charge is -2.17. The van der Waals surface area contributed by atoms with Crippen LogP contribution in [0.3, 0.4) is 0 Å². The first-order valence-electron chi connectivity index (χ1n) is 5.98. The lowest BCUT2D eigenvalue weighted by Crippen LogP contribution is -2.26. The number of rotatable bonds is 3. The number of benzene rings is 1. The molecule has 2 aliphatic rings. The zero-order valence-electron chi connectivity index (χ0n) is 10.2. The van der Waals surface area contributed by atoms with Gasteiger partial charge in [0.05, 0.1) is 42.8 Å². The number of fused-ring (bicyclic) bond motifs is 1. The number of nitrogens with one attached hydrogen (secondary N) is 1. The third kappa shape index (κ3) is 1.71. The fourth-order valence-electron chi connectivity index (χ4n) is 2.53. The second-order valence-corrected chi connectivity index (χ2v) is 4.99. The zero-order chi connectivity index (χ0) is 12.8. The smallest absolute Gasteiger partial charge is 0.337 e. The van der Waals surface area contributed by atoms with Crippen LogP contribution in [0.4, 0.5) is 11.4 Å². The van der Waals surface area contributed by atoms with E-state index in [2.05, 4.69) is 5.32 Å². The van der Waals surface area contributed by atoms with E-state index in [1.54, 1.807) is 18.2 Å². The molecule has 1 aliphatic carbocycles. The maximum atomic E-state index is 11.5. The second kappa shape index (κ2) is 3.88. The molecular weight excluding hydrogens is 232 g/mol. The van der Waals surface area contributed by atoms with Crippen LogP contribution in [0, 0.1) is 5.92 Å². The van der Waals surface area contributed by atoms with Crippen LogP contribution in [0.25, 0.3) is 0 Å². The molecule has 1 saturated heterocycles. The van der Waals surface area contributed by atoms with Crippen molar-refractivity contribution in [2.75, 3.05) is 31.4 Å². The fraction of sp³-hybridized carbons (Fsp3) is 0.462. The van der Waals surface area contributed by atoms with Crippen molar-refractivity contribution in [3.8, 4) is 0 Å². The lowest BCUT2D eigenvalue weighted by atomic mass is 10.1. The molecule has 1 aliphatic heterocycles. The number of carbonyl (C=O) groups is 1. The third-order valence-electron chi connectivity index (χ3n) is 3.77. The molecule has 0 aromatic heterocycles. The van der Waals surface area contributed by atoms with Crippen LogP contribution in [0.1, 0.15) is 16.8 Å². The number of nitrogens with two attached hydrogens (primary N) is 1. The first kappa shape index (κ1) is 11.3. The first-order chi connectivity index (χ1) is 8.64. The highest BCUT2D eigenvalue weighted by Gasteiger charge is 2.58. The molecule has 0 amide bonds. The Labute approximate surface area is 105 Å². The van der Waals surface area contributed by atoms with E-state index < -0.39 is 0 Å². The lowest BCUT2D eigenvalue weighted by molar-refractivity contribution is 0.0601. The van der Waals surface area contributed by atoms with Gasteiger partial charge < -0.3 is 20.5 Å². The van der Waals surface area contributed by atoms with Crippen molar-refractivity contribution in [3.05, 3.63) is 23.8 Å². The summed E-state index contributed by atoms with van der Waals surface area (Å²) in [5.41, 5.74) is 7.88. The predicted molar refractivity (Wildman–Crippen MR) is 67.5 cm³/mol. The van der Waals surface area contributed by atoms with Crippen LogP contribution in [0.5, 0.6) is 0 Å². The molecule has 96 valence electrons. The molecule has 2 fully saturated rings. The molecule has 1 aromatic carbocycles. The van der Waals surface area contributed by atoms with Gasteiger partial charge in [0, 0.05) is 5.92 Å². The third-order valence-corrected chi connectivity index (χ3v) is 3.77. The van der Waals surface area contributed by atoms with Crippen LogP contribution < -0.4 is 11.1 Å². The topological polar surface area (TPSA) is 73.6 Å². The van der Waals surface area contributed by atoms with Crippen molar-refractivity contribution < 1.29 is 14.3 Å². The van der Waals surface area contributed by atoms with Crippen molar-refractivity contribution in [3.63, 3.8) is 0 Å². The minimum Gasteiger partial charge on any atom is -0.465 e. The Morgan fingerprint density at radius 2 is 2.44 bits per heavy atom. The Morgan fingerprint density at radius 1 is 1.61 bits per heavy atom. The van der Waals surface area contributed by atoms with Gasteiger partial charge in [0.15, 0.2) is 0 Å². The molecule has 18 heavy (non-hydrogen) atoms. The van der Waals surface area contributed by atoms with E-state index >= 15 is 0 Å². The number of ether oxygens (including phenoxy) is 2. The largest absolute Gasteiger partial charge is 0.465 e. The van der Waals surface area contributed by atoms with Gasteiger partial charge in [0.2, 0.25) is 0 Å².